The van der Waals surface area contributed by atoms with Crippen LogP contribution in [0.2, 0.25) is 0 Å². The first-order valence-corrected chi connectivity index (χ1v) is 12.4. The maximum absolute atomic E-state index is 13.1. The van der Waals surface area contributed by atoms with Crippen LogP contribution < -0.4 is 15.5 Å². The van der Waals surface area contributed by atoms with Crippen LogP contribution in [0, 0.1) is 0 Å². The molecular formula is C29H26ClN3O5. The summed E-state index contributed by atoms with van der Waals surface area (Å²) in [6, 6.07) is 22.2. The first kappa shape index (κ1) is 26.6. The van der Waals surface area contributed by atoms with Crippen molar-refractivity contribution in [2.75, 3.05) is 16.8 Å². The molecule has 0 saturated heterocycles. The van der Waals surface area contributed by atoms with Crippen molar-refractivity contribution in [3.8, 4) is 0 Å². The summed E-state index contributed by atoms with van der Waals surface area (Å²) in [7, 11) is 0. The van der Waals surface area contributed by atoms with E-state index in [9.17, 15) is 19.2 Å². The summed E-state index contributed by atoms with van der Waals surface area (Å²) in [5.74, 6) is -2.05. The van der Waals surface area contributed by atoms with Crippen LogP contribution in [0.3, 0.4) is 0 Å². The number of carbonyl (C=O) groups is 4. The van der Waals surface area contributed by atoms with Crippen molar-refractivity contribution in [3.63, 3.8) is 0 Å². The number of ether oxygens (including phenoxy) is 1. The Morgan fingerprint density at radius 3 is 2.13 bits per heavy atom. The van der Waals surface area contributed by atoms with Crippen molar-refractivity contribution < 1.29 is 23.9 Å². The van der Waals surface area contributed by atoms with Crippen molar-refractivity contribution in [2.45, 2.75) is 26.4 Å². The fraction of sp³-hybridized carbons (Fsp3) is 0.172. The van der Waals surface area contributed by atoms with E-state index >= 15 is 0 Å². The van der Waals surface area contributed by atoms with Crippen LogP contribution in [-0.4, -0.2) is 36.3 Å². The maximum Gasteiger partial charge on any atom is 0.338 e. The standard InChI is InChI=1S/C29H26ClN3O5/c1-18(2)38-29(37)21-10-14-23(15-11-21)33-27(35)24(30)25(28(33)36)32-22-12-8-20(9-13-22)26(34)31-17-16-19-6-4-3-5-7-19/h3-15,18,32H,16-17H2,1-2H3,(H,31,34). The van der Waals surface area contributed by atoms with Crippen molar-refractivity contribution in [1.82, 2.24) is 5.32 Å². The van der Waals surface area contributed by atoms with Crippen molar-refractivity contribution in [1.29, 1.82) is 0 Å². The van der Waals surface area contributed by atoms with Gasteiger partial charge in [-0.2, -0.15) is 0 Å². The van der Waals surface area contributed by atoms with Gasteiger partial charge in [0.2, 0.25) is 0 Å². The number of rotatable bonds is 9. The molecule has 4 rings (SSSR count). The van der Waals surface area contributed by atoms with Crippen molar-refractivity contribution in [2.24, 2.45) is 0 Å². The zero-order chi connectivity index (χ0) is 27.2. The molecule has 0 saturated carbocycles. The molecule has 9 heteroatoms. The highest BCUT2D eigenvalue weighted by Crippen LogP contribution is 2.30. The molecule has 3 amide bonds. The summed E-state index contributed by atoms with van der Waals surface area (Å²) in [6.07, 6.45) is 0.444. The second-order valence-corrected chi connectivity index (χ2v) is 9.21. The Morgan fingerprint density at radius 2 is 1.50 bits per heavy atom. The van der Waals surface area contributed by atoms with Crippen LogP contribution in [0.5, 0.6) is 0 Å². The molecule has 2 N–H and O–H groups in total. The van der Waals surface area contributed by atoms with Crippen LogP contribution in [0.25, 0.3) is 0 Å². The topological polar surface area (TPSA) is 105 Å². The average Bonchev–Trinajstić information content (AvgIpc) is 3.12. The van der Waals surface area contributed by atoms with Gasteiger partial charge in [-0.1, -0.05) is 41.9 Å². The number of nitrogens with one attached hydrogen (secondary N) is 2. The molecule has 1 aliphatic rings. The minimum atomic E-state index is -0.689. The maximum atomic E-state index is 13.1. The SMILES string of the molecule is CC(C)OC(=O)c1ccc(N2C(=O)C(Cl)=C(Nc3ccc(C(=O)NCCc4ccccc4)cc3)C2=O)cc1. The molecule has 0 spiro atoms. The lowest BCUT2D eigenvalue weighted by atomic mass is 10.1. The molecule has 3 aromatic rings. The van der Waals surface area contributed by atoms with Gasteiger partial charge in [0, 0.05) is 17.8 Å². The molecule has 8 nitrogen and oxygen atoms in total. The van der Waals surface area contributed by atoms with E-state index in [0.29, 0.717) is 23.4 Å². The van der Waals surface area contributed by atoms with Gasteiger partial charge >= 0.3 is 5.97 Å². The van der Waals surface area contributed by atoms with Gasteiger partial charge in [-0.05, 0) is 74.4 Å². The second kappa shape index (κ2) is 11.7. The first-order chi connectivity index (χ1) is 18.2. The predicted molar refractivity (Wildman–Crippen MR) is 145 cm³/mol. The van der Waals surface area contributed by atoms with Gasteiger partial charge in [-0.3, -0.25) is 14.4 Å². The van der Waals surface area contributed by atoms with Gasteiger partial charge in [0.25, 0.3) is 17.7 Å². The summed E-state index contributed by atoms with van der Waals surface area (Å²) in [4.78, 5) is 51.3. The highest BCUT2D eigenvalue weighted by Gasteiger charge is 2.39. The minimum absolute atomic E-state index is 0.0833. The van der Waals surface area contributed by atoms with Crippen LogP contribution >= 0.6 is 11.6 Å². The molecule has 0 unspecified atom stereocenters. The van der Waals surface area contributed by atoms with Crippen molar-refractivity contribution >= 4 is 46.7 Å². The minimum Gasteiger partial charge on any atom is -0.459 e. The van der Waals surface area contributed by atoms with E-state index in [4.69, 9.17) is 16.3 Å². The zero-order valence-corrected chi connectivity index (χ0v) is 21.6. The van der Waals surface area contributed by atoms with E-state index in [0.717, 1.165) is 16.9 Å². The number of carbonyl (C=O) groups excluding carboxylic acids is 4. The number of benzene rings is 3. The number of nitrogens with zero attached hydrogens (tertiary/aromatic N) is 1. The van der Waals surface area contributed by atoms with Gasteiger partial charge in [-0.15, -0.1) is 0 Å². The third-order valence-electron chi connectivity index (χ3n) is 5.69. The first-order valence-electron chi connectivity index (χ1n) is 12.0. The number of imide groups is 1. The third kappa shape index (κ3) is 6.10. The normalized spacial score (nSPS) is 13.2. The summed E-state index contributed by atoms with van der Waals surface area (Å²) in [5, 5.41) is 5.50. The van der Waals surface area contributed by atoms with Gasteiger partial charge in [0.15, 0.2) is 0 Å². The number of halogens is 1. The lowest BCUT2D eigenvalue weighted by Crippen LogP contribution is -2.32. The molecule has 3 aromatic carbocycles. The van der Waals surface area contributed by atoms with E-state index in [1.165, 1.54) is 24.3 Å². The Bertz CT molecular complexity index is 1380. The third-order valence-corrected chi connectivity index (χ3v) is 6.04. The number of anilines is 2. The lowest BCUT2D eigenvalue weighted by Gasteiger charge is -2.16. The molecule has 1 aliphatic heterocycles. The summed E-state index contributed by atoms with van der Waals surface area (Å²) < 4.78 is 5.15. The van der Waals surface area contributed by atoms with Gasteiger partial charge in [-0.25, -0.2) is 9.69 Å². The van der Waals surface area contributed by atoms with Crippen LogP contribution in [0.15, 0.2) is 89.6 Å². The fourth-order valence-corrected chi connectivity index (χ4v) is 4.00. The van der Waals surface area contributed by atoms with Gasteiger partial charge in [0.05, 0.1) is 17.4 Å². The predicted octanol–water partition coefficient (Wildman–Crippen LogP) is 4.66. The number of hydrogen-bond donors (Lipinski definition) is 2. The van der Waals surface area contributed by atoms with E-state index < -0.39 is 17.8 Å². The van der Waals surface area contributed by atoms with Gasteiger partial charge < -0.3 is 15.4 Å². The van der Waals surface area contributed by atoms with Crippen LogP contribution in [0.4, 0.5) is 11.4 Å². The van der Waals surface area contributed by atoms with E-state index in [2.05, 4.69) is 10.6 Å². The second-order valence-electron chi connectivity index (χ2n) is 8.83. The lowest BCUT2D eigenvalue weighted by molar-refractivity contribution is -0.120. The molecule has 0 fully saturated rings. The molecule has 0 bridgehead atoms. The Kier molecular flexibility index (Phi) is 8.23. The molecule has 0 atom stereocenters. The molecule has 38 heavy (non-hydrogen) atoms. The molecule has 0 aromatic heterocycles. The highest BCUT2D eigenvalue weighted by molar-refractivity contribution is 6.53. The Labute approximate surface area is 225 Å². The Morgan fingerprint density at radius 1 is 0.868 bits per heavy atom. The van der Waals surface area contributed by atoms with E-state index in [-0.39, 0.29) is 28.4 Å². The quantitative estimate of drug-likeness (QED) is 0.307. The van der Waals surface area contributed by atoms with E-state index in [1.54, 1.807) is 38.1 Å². The van der Waals surface area contributed by atoms with Crippen molar-refractivity contribution in [3.05, 3.63) is 106 Å². The molecule has 0 aliphatic carbocycles. The molecule has 0 radical (unpaired) electrons. The number of esters is 1. The highest BCUT2D eigenvalue weighted by atomic mass is 35.5. The van der Waals surface area contributed by atoms with Crippen LogP contribution in [-0.2, 0) is 20.7 Å². The zero-order valence-electron chi connectivity index (χ0n) is 20.9. The largest absolute Gasteiger partial charge is 0.459 e. The number of hydrogen-bond acceptors (Lipinski definition) is 6. The summed E-state index contributed by atoms with van der Waals surface area (Å²) >= 11 is 6.21. The monoisotopic (exact) mass is 531 g/mol. The molecule has 194 valence electrons. The Hall–Kier alpha value is -4.43. The summed E-state index contributed by atoms with van der Waals surface area (Å²) in [6.45, 7) is 3.98. The summed E-state index contributed by atoms with van der Waals surface area (Å²) in [5.41, 5.74) is 2.54. The van der Waals surface area contributed by atoms with Crippen LogP contribution in [0.1, 0.15) is 40.1 Å². The Balaban J connectivity index is 1.38. The molecule has 1 heterocycles. The smallest absolute Gasteiger partial charge is 0.338 e. The number of amides is 3. The molecular weight excluding hydrogens is 506 g/mol. The fourth-order valence-electron chi connectivity index (χ4n) is 3.79. The van der Waals surface area contributed by atoms with E-state index in [1.807, 2.05) is 30.3 Å². The van der Waals surface area contributed by atoms with Gasteiger partial charge in [0.1, 0.15) is 10.7 Å². The average molecular weight is 532 g/mol.